The lowest BCUT2D eigenvalue weighted by Gasteiger charge is -2.12. The molecule has 0 aliphatic rings. The van der Waals surface area contributed by atoms with Gasteiger partial charge in [0.25, 0.3) is 0 Å². The summed E-state index contributed by atoms with van der Waals surface area (Å²) in [5.74, 6) is 0. The Hall–Kier alpha value is -6.06. The highest BCUT2D eigenvalue weighted by atomic mass is 16.3. The molecule has 3 nitrogen and oxygen atoms in total. The average molecular weight is 575 g/mol. The highest BCUT2D eigenvalue weighted by molar-refractivity contribution is 6.19. The summed E-state index contributed by atoms with van der Waals surface area (Å²) in [6.45, 7) is 0. The average Bonchev–Trinajstić information content (AvgIpc) is 3.75. The van der Waals surface area contributed by atoms with Crippen LogP contribution < -0.4 is 0 Å². The van der Waals surface area contributed by atoms with Gasteiger partial charge in [0.15, 0.2) is 0 Å². The van der Waals surface area contributed by atoms with Crippen molar-refractivity contribution in [3.63, 3.8) is 0 Å². The summed E-state index contributed by atoms with van der Waals surface area (Å²) < 4.78 is 11.1. The van der Waals surface area contributed by atoms with Gasteiger partial charge in [0.1, 0.15) is 11.2 Å². The van der Waals surface area contributed by atoms with Crippen LogP contribution in [0.3, 0.4) is 0 Å². The number of aromatic nitrogens is 2. The number of benzene rings is 7. The minimum atomic E-state index is 0.909. The van der Waals surface area contributed by atoms with Crippen LogP contribution in [0.25, 0.3) is 88.1 Å². The number of furan rings is 1. The predicted molar refractivity (Wildman–Crippen MR) is 188 cm³/mol. The monoisotopic (exact) mass is 574 g/mol. The van der Waals surface area contributed by atoms with E-state index in [1.165, 1.54) is 49.2 Å². The Morgan fingerprint density at radius 2 is 0.933 bits per heavy atom. The standard InChI is InChI=1S/C42H26N2O/c1-2-13-28(14-3-1)43-36-20-7-4-16-31(36)34-25-35-32-17-5-8-21-37(32)44(39(35)26-38(34)43)29-15-10-12-27(24-29)30-19-11-23-41-42(30)33-18-6-9-22-40(33)45-41/h1-26H. The molecule has 10 rings (SSSR count). The molecule has 3 aromatic heterocycles. The zero-order valence-corrected chi connectivity index (χ0v) is 24.3. The first-order chi connectivity index (χ1) is 22.3. The predicted octanol–water partition coefficient (Wildman–Crippen LogP) is 11.4. The number of nitrogens with zero attached hydrogens (tertiary/aromatic N) is 2. The van der Waals surface area contributed by atoms with Crippen molar-refractivity contribution in [2.45, 2.75) is 0 Å². The molecular formula is C42H26N2O. The van der Waals surface area contributed by atoms with Crippen LogP contribution in [0.2, 0.25) is 0 Å². The largest absolute Gasteiger partial charge is 0.456 e. The quantitative estimate of drug-likeness (QED) is 0.206. The summed E-state index contributed by atoms with van der Waals surface area (Å²) in [5, 5.41) is 7.32. The Morgan fingerprint density at radius 1 is 0.356 bits per heavy atom. The molecule has 0 atom stereocenters. The van der Waals surface area contributed by atoms with Crippen LogP contribution >= 0.6 is 0 Å². The lowest BCUT2D eigenvalue weighted by molar-refractivity contribution is 0.669. The molecule has 3 heterocycles. The third-order valence-electron chi connectivity index (χ3n) is 9.30. The normalized spacial score (nSPS) is 12.0. The molecule has 0 saturated heterocycles. The Balaban J connectivity index is 1.28. The van der Waals surface area contributed by atoms with Crippen molar-refractivity contribution in [1.29, 1.82) is 0 Å². The molecule has 45 heavy (non-hydrogen) atoms. The number of fused-ring (bicyclic) bond motifs is 9. The Kier molecular flexibility index (Phi) is 5.00. The Labute approximate surface area is 258 Å². The summed E-state index contributed by atoms with van der Waals surface area (Å²) in [6, 6.07) is 56.5. The van der Waals surface area contributed by atoms with Gasteiger partial charge >= 0.3 is 0 Å². The summed E-state index contributed by atoms with van der Waals surface area (Å²) in [4.78, 5) is 0. The van der Waals surface area contributed by atoms with Crippen molar-refractivity contribution >= 4 is 65.6 Å². The topological polar surface area (TPSA) is 23.0 Å². The molecule has 0 saturated carbocycles. The highest BCUT2D eigenvalue weighted by Crippen LogP contribution is 2.41. The zero-order chi connectivity index (χ0) is 29.5. The summed E-state index contributed by atoms with van der Waals surface area (Å²) in [7, 11) is 0. The van der Waals surface area contributed by atoms with Crippen molar-refractivity contribution in [1.82, 2.24) is 9.13 Å². The molecule has 0 bridgehead atoms. The van der Waals surface area contributed by atoms with Crippen LogP contribution in [-0.2, 0) is 0 Å². The molecule has 0 fully saturated rings. The number of hydrogen-bond donors (Lipinski definition) is 0. The molecule has 0 aliphatic carbocycles. The maximum Gasteiger partial charge on any atom is 0.136 e. The van der Waals surface area contributed by atoms with Crippen molar-refractivity contribution in [2.75, 3.05) is 0 Å². The Morgan fingerprint density at radius 3 is 1.69 bits per heavy atom. The third-order valence-corrected chi connectivity index (χ3v) is 9.30. The van der Waals surface area contributed by atoms with E-state index in [1.807, 2.05) is 12.1 Å². The maximum absolute atomic E-state index is 6.24. The fourth-order valence-electron chi connectivity index (χ4n) is 7.39. The fraction of sp³-hybridized carbons (Fsp3) is 0. The molecule has 0 unspecified atom stereocenters. The van der Waals surface area contributed by atoms with Gasteiger partial charge in [0, 0.05) is 43.7 Å². The molecule has 0 N–H and O–H groups in total. The van der Waals surface area contributed by atoms with Crippen LogP contribution in [0.15, 0.2) is 162 Å². The third kappa shape index (κ3) is 3.46. The van der Waals surface area contributed by atoms with Gasteiger partial charge < -0.3 is 13.6 Å². The van der Waals surface area contributed by atoms with Crippen LogP contribution in [0.5, 0.6) is 0 Å². The summed E-state index contributed by atoms with van der Waals surface area (Å²) in [5.41, 5.74) is 11.2. The van der Waals surface area contributed by atoms with Crippen molar-refractivity contribution < 1.29 is 4.42 Å². The molecule has 0 amide bonds. The number of rotatable bonds is 3. The van der Waals surface area contributed by atoms with Crippen molar-refractivity contribution in [3.8, 4) is 22.5 Å². The molecular weight excluding hydrogens is 548 g/mol. The second kappa shape index (κ2) is 9.22. The molecule has 210 valence electrons. The molecule has 0 aliphatic heterocycles. The number of para-hydroxylation sites is 4. The van der Waals surface area contributed by atoms with E-state index in [9.17, 15) is 0 Å². The van der Waals surface area contributed by atoms with Crippen LogP contribution in [-0.4, -0.2) is 9.13 Å². The SMILES string of the molecule is c1ccc(-n2c3ccccc3c3cc4c5ccccc5n(-c5cccc(-c6cccc7oc8ccccc8c67)c5)c4cc32)cc1. The van der Waals surface area contributed by atoms with Gasteiger partial charge in [0.2, 0.25) is 0 Å². The number of hydrogen-bond acceptors (Lipinski definition) is 1. The second-order valence-corrected chi connectivity index (χ2v) is 11.8. The summed E-state index contributed by atoms with van der Waals surface area (Å²) in [6.07, 6.45) is 0. The van der Waals surface area contributed by atoms with E-state index in [0.717, 1.165) is 38.9 Å². The van der Waals surface area contributed by atoms with E-state index in [2.05, 4.69) is 155 Å². The molecule has 0 spiro atoms. The van der Waals surface area contributed by atoms with E-state index < -0.39 is 0 Å². The molecule has 7 aromatic carbocycles. The van der Waals surface area contributed by atoms with Gasteiger partial charge in [-0.2, -0.15) is 0 Å². The van der Waals surface area contributed by atoms with Crippen LogP contribution in [0.4, 0.5) is 0 Å². The van der Waals surface area contributed by atoms with Gasteiger partial charge in [-0.15, -0.1) is 0 Å². The van der Waals surface area contributed by atoms with E-state index >= 15 is 0 Å². The first-order valence-corrected chi connectivity index (χ1v) is 15.4. The fourth-order valence-corrected chi connectivity index (χ4v) is 7.39. The van der Waals surface area contributed by atoms with E-state index in [0.29, 0.717) is 0 Å². The van der Waals surface area contributed by atoms with E-state index in [-0.39, 0.29) is 0 Å². The lowest BCUT2D eigenvalue weighted by Crippen LogP contribution is -1.96. The first kappa shape index (κ1) is 24.4. The maximum atomic E-state index is 6.24. The van der Waals surface area contributed by atoms with Gasteiger partial charge in [-0.25, -0.2) is 0 Å². The first-order valence-electron chi connectivity index (χ1n) is 15.4. The minimum Gasteiger partial charge on any atom is -0.456 e. The Bertz CT molecular complexity index is 2760. The highest BCUT2D eigenvalue weighted by Gasteiger charge is 2.19. The van der Waals surface area contributed by atoms with E-state index in [4.69, 9.17) is 4.42 Å². The smallest absolute Gasteiger partial charge is 0.136 e. The van der Waals surface area contributed by atoms with Gasteiger partial charge in [-0.3, -0.25) is 0 Å². The minimum absolute atomic E-state index is 0.909. The van der Waals surface area contributed by atoms with Crippen LogP contribution in [0, 0.1) is 0 Å². The van der Waals surface area contributed by atoms with Crippen molar-refractivity contribution in [3.05, 3.63) is 158 Å². The summed E-state index contributed by atoms with van der Waals surface area (Å²) >= 11 is 0. The second-order valence-electron chi connectivity index (χ2n) is 11.8. The lowest BCUT2D eigenvalue weighted by atomic mass is 9.99. The molecule has 3 heteroatoms. The molecule has 0 radical (unpaired) electrons. The van der Waals surface area contributed by atoms with E-state index in [1.54, 1.807) is 0 Å². The van der Waals surface area contributed by atoms with Crippen molar-refractivity contribution in [2.24, 2.45) is 0 Å². The van der Waals surface area contributed by atoms with Gasteiger partial charge in [-0.1, -0.05) is 97.1 Å². The van der Waals surface area contributed by atoms with Gasteiger partial charge in [-0.05, 0) is 71.8 Å². The molecule has 10 aromatic rings. The van der Waals surface area contributed by atoms with Gasteiger partial charge in [0.05, 0.1) is 22.1 Å². The van der Waals surface area contributed by atoms with Crippen LogP contribution in [0.1, 0.15) is 0 Å². The zero-order valence-electron chi connectivity index (χ0n) is 24.3.